The summed E-state index contributed by atoms with van der Waals surface area (Å²) in [4.78, 5) is 31.0. The molecular formula is C21H29N3O2. The Labute approximate surface area is 155 Å². The molecule has 1 aromatic rings. The van der Waals surface area contributed by atoms with Crippen LogP contribution < -0.4 is 0 Å². The zero-order chi connectivity index (χ0) is 18.3. The van der Waals surface area contributed by atoms with Crippen LogP contribution in [0.4, 0.5) is 0 Å². The molecule has 3 aliphatic heterocycles. The third-order valence-corrected chi connectivity index (χ3v) is 6.64. The topological polar surface area (TPSA) is 43.9 Å². The first-order valence-corrected chi connectivity index (χ1v) is 9.84. The molecule has 0 spiro atoms. The highest BCUT2D eigenvalue weighted by atomic mass is 16.2. The van der Waals surface area contributed by atoms with Crippen LogP contribution in [0.15, 0.2) is 30.3 Å². The average molecular weight is 355 g/mol. The number of likely N-dealkylation sites (tertiary alicyclic amines) is 3. The fourth-order valence-corrected chi connectivity index (χ4v) is 5.29. The van der Waals surface area contributed by atoms with Gasteiger partial charge in [0.05, 0.1) is 0 Å². The number of hydrogen-bond donors (Lipinski definition) is 0. The monoisotopic (exact) mass is 355 g/mol. The Hall–Kier alpha value is -1.88. The maximum atomic E-state index is 13.0. The van der Waals surface area contributed by atoms with Crippen molar-refractivity contribution >= 4 is 11.8 Å². The normalized spacial score (nSPS) is 29.8. The molecule has 0 bridgehead atoms. The predicted octanol–water partition coefficient (Wildman–Crippen LogP) is 2.01. The van der Waals surface area contributed by atoms with Crippen molar-refractivity contribution in [3.05, 3.63) is 35.9 Å². The molecule has 0 unspecified atom stereocenters. The molecular weight excluding hydrogens is 326 g/mol. The SMILES string of the molecule is CC(=O)N1CCC(C(=O)N2C[C@@H]3CN(C)[C@@H](c4ccccc4)[C@@H]3C2)CC1. The van der Waals surface area contributed by atoms with E-state index in [9.17, 15) is 9.59 Å². The van der Waals surface area contributed by atoms with Gasteiger partial charge >= 0.3 is 0 Å². The van der Waals surface area contributed by atoms with Gasteiger partial charge in [-0.05, 0) is 31.4 Å². The summed E-state index contributed by atoms with van der Waals surface area (Å²) < 4.78 is 0. The molecule has 5 nitrogen and oxygen atoms in total. The summed E-state index contributed by atoms with van der Waals surface area (Å²) in [5.74, 6) is 1.64. The van der Waals surface area contributed by atoms with Gasteiger partial charge in [-0.2, -0.15) is 0 Å². The van der Waals surface area contributed by atoms with Crippen LogP contribution >= 0.6 is 0 Å². The van der Waals surface area contributed by atoms with Gasteiger partial charge < -0.3 is 9.80 Å². The van der Waals surface area contributed by atoms with E-state index in [1.807, 2.05) is 4.90 Å². The van der Waals surface area contributed by atoms with Gasteiger partial charge in [-0.1, -0.05) is 30.3 Å². The van der Waals surface area contributed by atoms with Gasteiger partial charge in [-0.15, -0.1) is 0 Å². The van der Waals surface area contributed by atoms with Crippen molar-refractivity contribution in [3.8, 4) is 0 Å². The number of benzene rings is 1. The van der Waals surface area contributed by atoms with Crippen LogP contribution in [-0.2, 0) is 9.59 Å². The van der Waals surface area contributed by atoms with E-state index in [1.54, 1.807) is 6.92 Å². The van der Waals surface area contributed by atoms with Gasteiger partial charge in [0, 0.05) is 57.5 Å². The number of nitrogens with zero attached hydrogens (tertiary/aromatic N) is 3. The van der Waals surface area contributed by atoms with Crippen molar-refractivity contribution in [1.82, 2.24) is 14.7 Å². The Bertz CT molecular complexity index is 669. The second-order valence-corrected chi connectivity index (χ2v) is 8.24. The first kappa shape index (κ1) is 17.5. The lowest BCUT2D eigenvalue weighted by Crippen LogP contribution is -2.44. The zero-order valence-electron chi connectivity index (χ0n) is 15.8. The van der Waals surface area contributed by atoms with E-state index in [0.29, 0.717) is 23.8 Å². The molecule has 0 radical (unpaired) electrons. The minimum atomic E-state index is 0.0948. The predicted molar refractivity (Wildman–Crippen MR) is 100 cm³/mol. The number of hydrogen-bond acceptors (Lipinski definition) is 3. The summed E-state index contributed by atoms with van der Waals surface area (Å²) in [7, 11) is 2.21. The molecule has 3 heterocycles. The number of fused-ring (bicyclic) bond motifs is 1. The first-order valence-electron chi connectivity index (χ1n) is 9.84. The molecule has 1 aromatic carbocycles. The third kappa shape index (κ3) is 3.13. The summed E-state index contributed by atoms with van der Waals surface area (Å²) in [6.45, 7) is 5.90. The van der Waals surface area contributed by atoms with E-state index in [0.717, 1.165) is 45.6 Å². The molecule has 26 heavy (non-hydrogen) atoms. The van der Waals surface area contributed by atoms with Gasteiger partial charge in [0.25, 0.3) is 0 Å². The minimum Gasteiger partial charge on any atom is -0.343 e. The van der Waals surface area contributed by atoms with Crippen molar-refractivity contribution in [2.45, 2.75) is 25.8 Å². The van der Waals surface area contributed by atoms with E-state index in [2.05, 4.69) is 47.2 Å². The number of carbonyl (C=O) groups is 2. The van der Waals surface area contributed by atoms with Crippen LogP contribution in [-0.4, -0.2) is 66.3 Å². The summed E-state index contributed by atoms with van der Waals surface area (Å²) >= 11 is 0. The summed E-state index contributed by atoms with van der Waals surface area (Å²) in [6, 6.07) is 11.1. The van der Waals surface area contributed by atoms with Crippen molar-refractivity contribution < 1.29 is 9.59 Å². The highest BCUT2D eigenvalue weighted by Gasteiger charge is 2.48. The van der Waals surface area contributed by atoms with Crippen LogP contribution in [0.25, 0.3) is 0 Å². The molecule has 3 saturated heterocycles. The van der Waals surface area contributed by atoms with Gasteiger partial charge in [0.15, 0.2) is 0 Å². The Morgan fingerprint density at radius 1 is 0.962 bits per heavy atom. The van der Waals surface area contributed by atoms with Crippen molar-refractivity contribution in [2.24, 2.45) is 17.8 Å². The van der Waals surface area contributed by atoms with E-state index in [-0.39, 0.29) is 11.8 Å². The Kier molecular flexibility index (Phi) is 4.74. The van der Waals surface area contributed by atoms with Crippen LogP contribution in [0.2, 0.25) is 0 Å². The maximum absolute atomic E-state index is 13.0. The Morgan fingerprint density at radius 3 is 2.31 bits per heavy atom. The first-order chi connectivity index (χ1) is 12.5. The van der Waals surface area contributed by atoms with E-state index in [1.165, 1.54) is 5.56 Å². The van der Waals surface area contributed by atoms with Crippen LogP contribution in [0.3, 0.4) is 0 Å². The zero-order valence-corrected chi connectivity index (χ0v) is 15.8. The number of rotatable bonds is 2. The number of piperidine rings is 1. The molecule has 0 saturated carbocycles. The van der Waals surface area contributed by atoms with Gasteiger partial charge in [-0.3, -0.25) is 14.5 Å². The molecule has 0 N–H and O–H groups in total. The summed E-state index contributed by atoms with van der Waals surface area (Å²) in [5.41, 5.74) is 1.37. The lowest BCUT2D eigenvalue weighted by molar-refractivity contribution is -0.139. The van der Waals surface area contributed by atoms with Crippen molar-refractivity contribution in [2.75, 3.05) is 39.8 Å². The quantitative estimate of drug-likeness (QED) is 0.815. The van der Waals surface area contributed by atoms with Gasteiger partial charge in [0.1, 0.15) is 0 Å². The summed E-state index contributed by atoms with van der Waals surface area (Å²) in [6.07, 6.45) is 1.62. The minimum absolute atomic E-state index is 0.0948. The number of carbonyl (C=O) groups excluding carboxylic acids is 2. The van der Waals surface area contributed by atoms with Crippen LogP contribution in [0, 0.1) is 17.8 Å². The van der Waals surface area contributed by atoms with E-state index >= 15 is 0 Å². The fourth-order valence-electron chi connectivity index (χ4n) is 5.29. The Morgan fingerprint density at radius 2 is 1.65 bits per heavy atom. The molecule has 0 aliphatic carbocycles. The molecule has 3 atom stereocenters. The van der Waals surface area contributed by atoms with Crippen LogP contribution in [0.1, 0.15) is 31.4 Å². The molecule has 2 amide bonds. The molecule has 140 valence electrons. The van der Waals surface area contributed by atoms with Gasteiger partial charge in [0.2, 0.25) is 11.8 Å². The lowest BCUT2D eigenvalue weighted by atomic mass is 9.90. The largest absolute Gasteiger partial charge is 0.343 e. The smallest absolute Gasteiger partial charge is 0.225 e. The highest BCUT2D eigenvalue weighted by Crippen LogP contribution is 2.44. The van der Waals surface area contributed by atoms with Crippen molar-refractivity contribution in [3.63, 3.8) is 0 Å². The number of amides is 2. The molecule has 0 aromatic heterocycles. The Balaban J connectivity index is 1.41. The molecule has 4 rings (SSSR count). The summed E-state index contributed by atoms with van der Waals surface area (Å²) in [5, 5.41) is 0. The lowest BCUT2D eigenvalue weighted by Gasteiger charge is -2.33. The van der Waals surface area contributed by atoms with Crippen molar-refractivity contribution in [1.29, 1.82) is 0 Å². The van der Waals surface area contributed by atoms with E-state index < -0.39 is 0 Å². The second-order valence-electron chi connectivity index (χ2n) is 8.24. The van der Waals surface area contributed by atoms with Gasteiger partial charge in [-0.25, -0.2) is 0 Å². The molecule has 3 aliphatic rings. The second kappa shape index (κ2) is 7.03. The fraction of sp³-hybridized carbons (Fsp3) is 0.619. The third-order valence-electron chi connectivity index (χ3n) is 6.64. The van der Waals surface area contributed by atoms with E-state index in [4.69, 9.17) is 0 Å². The average Bonchev–Trinajstić information content (AvgIpc) is 3.18. The molecule has 3 fully saturated rings. The highest BCUT2D eigenvalue weighted by molar-refractivity contribution is 5.80. The van der Waals surface area contributed by atoms with Crippen LogP contribution in [0.5, 0.6) is 0 Å². The molecule has 5 heteroatoms. The standard InChI is InChI=1S/C21H29N3O2/c1-15(25)23-10-8-17(9-11-23)21(26)24-13-18-12-22(2)20(19(18)14-24)16-6-4-3-5-7-16/h3-7,17-20H,8-14H2,1-2H3/t18-,19+,20-/m0/s1. The maximum Gasteiger partial charge on any atom is 0.225 e.